The fraction of sp³-hybridized carbons (Fsp3) is 0.308. The Labute approximate surface area is 99.4 Å². The van der Waals surface area contributed by atoms with Gasteiger partial charge in [-0.25, -0.2) is 0 Å². The minimum atomic E-state index is -0.873. The molecule has 1 aromatic heterocycles. The van der Waals surface area contributed by atoms with Crippen LogP contribution in [0.3, 0.4) is 0 Å². The molecule has 0 aliphatic rings. The van der Waals surface area contributed by atoms with Gasteiger partial charge in [0, 0.05) is 22.6 Å². The average molecular weight is 232 g/mol. The van der Waals surface area contributed by atoms with Gasteiger partial charge in [-0.3, -0.25) is 4.79 Å². The number of aliphatic carboxylic acids is 1. The van der Waals surface area contributed by atoms with Crippen molar-refractivity contribution in [3.63, 3.8) is 0 Å². The van der Waals surface area contributed by atoms with Gasteiger partial charge in [-0.15, -0.1) is 0 Å². The number of benzene rings is 1. The zero-order valence-electron chi connectivity index (χ0n) is 9.90. The number of hydrogen-bond donors (Lipinski definition) is 3. The Morgan fingerprint density at radius 3 is 2.71 bits per heavy atom. The summed E-state index contributed by atoms with van der Waals surface area (Å²) in [6.45, 7) is 3.55. The number of fused-ring (bicyclic) bond motifs is 1. The summed E-state index contributed by atoms with van der Waals surface area (Å²) in [4.78, 5) is 14.2. The number of nitrogens with one attached hydrogen (secondary N) is 1. The predicted molar refractivity (Wildman–Crippen MR) is 66.8 cm³/mol. The van der Waals surface area contributed by atoms with E-state index in [9.17, 15) is 4.79 Å². The Balaban J connectivity index is 2.54. The highest BCUT2D eigenvalue weighted by Crippen LogP contribution is 2.30. The summed E-state index contributed by atoms with van der Waals surface area (Å²) in [7, 11) is 0. The van der Waals surface area contributed by atoms with Crippen molar-refractivity contribution in [3.8, 4) is 0 Å². The second kappa shape index (κ2) is 4.22. The maximum atomic E-state index is 11.0. The maximum Gasteiger partial charge on any atom is 0.308 e. The van der Waals surface area contributed by atoms with Crippen LogP contribution < -0.4 is 5.73 Å². The first-order valence-electron chi connectivity index (χ1n) is 5.58. The molecule has 4 nitrogen and oxygen atoms in total. The van der Waals surface area contributed by atoms with Gasteiger partial charge in [-0.05, 0) is 18.6 Å². The summed E-state index contributed by atoms with van der Waals surface area (Å²) < 4.78 is 0. The lowest BCUT2D eigenvalue weighted by Crippen LogP contribution is -2.26. The molecule has 17 heavy (non-hydrogen) atoms. The molecule has 2 unspecified atom stereocenters. The van der Waals surface area contributed by atoms with E-state index in [-0.39, 0.29) is 0 Å². The van der Waals surface area contributed by atoms with Gasteiger partial charge < -0.3 is 15.8 Å². The molecule has 0 aliphatic carbocycles. The number of carboxylic acids is 1. The van der Waals surface area contributed by atoms with Gasteiger partial charge in [0.1, 0.15) is 0 Å². The van der Waals surface area contributed by atoms with Crippen LogP contribution in [-0.4, -0.2) is 16.1 Å². The van der Waals surface area contributed by atoms with Crippen LogP contribution >= 0.6 is 0 Å². The molecule has 0 saturated carbocycles. The molecular weight excluding hydrogens is 216 g/mol. The number of aromatic nitrogens is 1. The number of rotatable bonds is 3. The normalized spacial score (nSPS) is 14.8. The summed E-state index contributed by atoms with van der Waals surface area (Å²) in [6, 6.07) is 7.29. The highest BCUT2D eigenvalue weighted by molar-refractivity contribution is 5.86. The molecule has 0 bridgehead atoms. The first-order chi connectivity index (χ1) is 8.02. The molecule has 0 fully saturated rings. The van der Waals surface area contributed by atoms with Gasteiger partial charge >= 0.3 is 5.97 Å². The average Bonchev–Trinajstić information content (AvgIpc) is 2.62. The SMILES string of the molecule is Cc1[nH]c2ccccc2c1C(N)C(C)C(=O)O. The van der Waals surface area contributed by atoms with E-state index in [0.717, 1.165) is 22.2 Å². The van der Waals surface area contributed by atoms with Crippen LogP contribution in [0.1, 0.15) is 24.2 Å². The maximum absolute atomic E-state index is 11.0. The number of para-hydroxylation sites is 1. The first-order valence-corrected chi connectivity index (χ1v) is 5.58. The van der Waals surface area contributed by atoms with Crippen LogP contribution in [0.2, 0.25) is 0 Å². The molecule has 90 valence electrons. The summed E-state index contributed by atoms with van der Waals surface area (Å²) in [5, 5.41) is 10.0. The number of aryl methyl sites for hydroxylation is 1. The standard InChI is InChI=1S/C13H16N2O2/c1-7(13(16)17)12(14)11-8(2)15-10-6-4-3-5-9(10)11/h3-7,12,15H,14H2,1-2H3,(H,16,17). The molecule has 2 aromatic rings. The Bertz CT molecular complexity index is 560. The second-order valence-electron chi connectivity index (χ2n) is 4.36. The van der Waals surface area contributed by atoms with Crippen LogP contribution in [0, 0.1) is 12.8 Å². The molecule has 2 atom stereocenters. The summed E-state index contributed by atoms with van der Waals surface area (Å²) in [6.07, 6.45) is 0. The van der Waals surface area contributed by atoms with E-state index < -0.39 is 17.9 Å². The third-order valence-corrected chi connectivity index (χ3v) is 3.20. The predicted octanol–water partition coefficient (Wildman–Crippen LogP) is 2.20. The van der Waals surface area contributed by atoms with E-state index >= 15 is 0 Å². The monoisotopic (exact) mass is 232 g/mol. The zero-order valence-corrected chi connectivity index (χ0v) is 9.90. The van der Waals surface area contributed by atoms with Crippen molar-refractivity contribution in [3.05, 3.63) is 35.5 Å². The van der Waals surface area contributed by atoms with E-state index in [0.29, 0.717) is 0 Å². The molecule has 4 heteroatoms. The van der Waals surface area contributed by atoms with Gasteiger partial charge in [0.15, 0.2) is 0 Å². The van der Waals surface area contributed by atoms with E-state index in [1.54, 1.807) is 6.92 Å². The fourth-order valence-corrected chi connectivity index (χ4v) is 2.13. The molecule has 0 saturated heterocycles. The largest absolute Gasteiger partial charge is 0.481 e. The lowest BCUT2D eigenvalue weighted by molar-refractivity contribution is -0.141. The van der Waals surface area contributed by atoms with Crippen molar-refractivity contribution in [2.75, 3.05) is 0 Å². The van der Waals surface area contributed by atoms with E-state index in [2.05, 4.69) is 4.98 Å². The number of carboxylic acid groups (broad SMARTS) is 1. The van der Waals surface area contributed by atoms with Gasteiger partial charge in [0.2, 0.25) is 0 Å². The highest BCUT2D eigenvalue weighted by atomic mass is 16.4. The fourth-order valence-electron chi connectivity index (χ4n) is 2.13. The molecular formula is C13H16N2O2. The Hall–Kier alpha value is -1.81. The van der Waals surface area contributed by atoms with Gasteiger partial charge in [-0.2, -0.15) is 0 Å². The minimum absolute atomic E-state index is 0.497. The third kappa shape index (κ3) is 1.91. The second-order valence-corrected chi connectivity index (χ2v) is 4.36. The van der Waals surface area contributed by atoms with Gasteiger partial charge in [-0.1, -0.05) is 25.1 Å². The molecule has 4 N–H and O–H groups in total. The Morgan fingerprint density at radius 1 is 1.41 bits per heavy atom. The van der Waals surface area contributed by atoms with Crippen molar-refractivity contribution in [1.82, 2.24) is 4.98 Å². The van der Waals surface area contributed by atoms with Gasteiger partial charge in [0.05, 0.1) is 5.92 Å². The topological polar surface area (TPSA) is 79.1 Å². The smallest absolute Gasteiger partial charge is 0.308 e. The molecule has 0 spiro atoms. The number of H-pyrrole nitrogens is 1. The van der Waals surface area contributed by atoms with Crippen molar-refractivity contribution in [2.24, 2.45) is 11.7 Å². The van der Waals surface area contributed by atoms with Crippen molar-refractivity contribution in [1.29, 1.82) is 0 Å². The molecule has 2 rings (SSSR count). The van der Waals surface area contributed by atoms with E-state index in [1.807, 2.05) is 31.2 Å². The lowest BCUT2D eigenvalue weighted by atomic mass is 9.93. The van der Waals surface area contributed by atoms with Crippen molar-refractivity contribution >= 4 is 16.9 Å². The van der Waals surface area contributed by atoms with Crippen LogP contribution in [0.15, 0.2) is 24.3 Å². The van der Waals surface area contributed by atoms with E-state index in [1.165, 1.54) is 0 Å². The molecule has 1 aromatic carbocycles. The Morgan fingerprint density at radius 2 is 2.06 bits per heavy atom. The number of carbonyl (C=O) groups is 1. The number of nitrogens with two attached hydrogens (primary N) is 1. The molecule has 0 radical (unpaired) electrons. The summed E-state index contributed by atoms with van der Waals surface area (Å²) >= 11 is 0. The summed E-state index contributed by atoms with van der Waals surface area (Å²) in [5.74, 6) is -1.48. The van der Waals surface area contributed by atoms with Crippen molar-refractivity contribution < 1.29 is 9.90 Å². The molecule has 0 aliphatic heterocycles. The quantitative estimate of drug-likeness (QED) is 0.759. The third-order valence-electron chi connectivity index (χ3n) is 3.20. The molecule has 0 amide bonds. The van der Waals surface area contributed by atoms with Gasteiger partial charge in [0.25, 0.3) is 0 Å². The van der Waals surface area contributed by atoms with Crippen LogP contribution in [-0.2, 0) is 4.79 Å². The highest BCUT2D eigenvalue weighted by Gasteiger charge is 2.25. The van der Waals surface area contributed by atoms with Crippen molar-refractivity contribution in [2.45, 2.75) is 19.9 Å². The Kier molecular flexibility index (Phi) is 2.90. The summed E-state index contributed by atoms with van der Waals surface area (Å²) in [5.41, 5.74) is 8.88. The lowest BCUT2D eigenvalue weighted by Gasteiger charge is -2.16. The first kappa shape index (κ1) is 11.7. The van der Waals surface area contributed by atoms with Crippen LogP contribution in [0.25, 0.3) is 10.9 Å². The van der Waals surface area contributed by atoms with E-state index in [4.69, 9.17) is 10.8 Å². The minimum Gasteiger partial charge on any atom is -0.481 e. The van der Waals surface area contributed by atoms with Crippen LogP contribution in [0.5, 0.6) is 0 Å². The number of hydrogen-bond acceptors (Lipinski definition) is 2. The number of aromatic amines is 1. The van der Waals surface area contributed by atoms with Crippen LogP contribution in [0.4, 0.5) is 0 Å². The molecule has 1 heterocycles. The zero-order chi connectivity index (χ0) is 12.6.